The predicted molar refractivity (Wildman–Crippen MR) is 280 cm³/mol. The molecule has 0 aliphatic heterocycles. The first-order valence-electron chi connectivity index (χ1n) is 22.4. The molecular formula is C62H36N4S. The number of thiophene rings is 1. The molecule has 0 fully saturated rings. The van der Waals surface area contributed by atoms with Crippen LogP contribution in [0.2, 0.25) is 0 Å². The maximum absolute atomic E-state index is 9.45. The number of fused-ring (bicyclic) bond motifs is 9. The SMILES string of the molecule is N#Cc1ccc(-c2ccc(-c3cc4c5ccccc5c(-c5cccc(-c6nc(-c7ccccc7)nc(-c7ccc8c(c7)sc7ccccc78)n6)c5)cc4c4ccccc34)c3ccccc23)cc1. The van der Waals surface area contributed by atoms with Crippen LogP contribution in [0.3, 0.4) is 0 Å². The number of rotatable bonds is 6. The summed E-state index contributed by atoms with van der Waals surface area (Å²) in [5.41, 5.74) is 10.3. The van der Waals surface area contributed by atoms with Gasteiger partial charge in [-0.1, -0.05) is 176 Å². The van der Waals surface area contributed by atoms with E-state index in [0.717, 1.165) is 38.9 Å². The lowest BCUT2D eigenvalue weighted by atomic mass is 9.85. The summed E-state index contributed by atoms with van der Waals surface area (Å²) in [6.07, 6.45) is 0. The first-order valence-corrected chi connectivity index (χ1v) is 23.2. The van der Waals surface area contributed by atoms with Crippen LogP contribution in [-0.4, -0.2) is 15.0 Å². The minimum atomic E-state index is 0.625. The van der Waals surface area contributed by atoms with Gasteiger partial charge in [0.05, 0.1) is 11.6 Å². The van der Waals surface area contributed by atoms with E-state index in [1.165, 1.54) is 74.4 Å². The van der Waals surface area contributed by atoms with Gasteiger partial charge in [-0.25, -0.2) is 15.0 Å². The van der Waals surface area contributed by atoms with E-state index in [2.05, 4.69) is 182 Å². The molecule has 0 bridgehead atoms. The summed E-state index contributed by atoms with van der Waals surface area (Å²) in [5, 5.41) is 21.5. The Morgan fingerprint density at radius 3 is 1.45 bits per heavy atom. The van der Waals surface area contributed by atoms with Gasteiger partial charge in [0.2, 0.25) is 0 Å². The standard InChI is InChI=1S/C62H36N4S/c63-37-38-25-27-39(28-26-38)44-31-32-51(46-18-5-4-17-45(44)46)55-36-57-48-20-7-6-19-47(48)54(35-56(57)50-22-9-8-21-49(50)55)41-15-12-16-42(33-41)61-64-60(40-13-2-1-3-14-40)65-62(66-61)43-29-30-53-52-23-10-11-24-58(52)67-59(53)34-43/h1-36H. The molecule has 0 spiro atoms. The lowest BCUT2D eigenvalue weighted by Crippen LogP contribution is -2.00. The lowest BCUT2D eigenvalue weighted by Gasteiger charge is -2.18. The lowest BCUT2D eigenvalue weighted by molar-refractivity contribution is 1.07. The molecule has 0 N–H and O–H groups in total. The van der Waals surface area contributed by atoms with E-state index in [4.69, 9.17) is 15.0 Å². The van der Waals surface area contributed by atoms with Gasteiger partial charge < -0.3 is 0 Å². The van der Waals surface area contributed by atoms with Gasteiger partial charge in [-0.15, -0.1) is 11.3 Å². The summed E-state index contributed by atoms with van der Waals surface area (Å²) in [7, 11) is 0. The topological polar surface area (TPSA) is 62.5 Å². The van der Waals surface area contributed by atoms with Crippen LogP contribution in [0.5, 0.6) is 0 Å². The van der Waals surface area contributed by atoms with Gasteiger partial charge in [-0.3, -0.25) is 0 Å². The normalized spacial score (nSPS) is 11.6. The highest BCUT2D eigenvalue weighted by Crippen LogP contribution is 2.45. The molecule has 5 heteroatoms. The molecule has 0 unspecified atom stereocenters. The summed E-state index contributed by atoms with van der Waals surface area (Å²) in [4.78, 5) is 15.4. The average Bonchev–Trinajstić information content (AvgIpc) is 3.78. The molecular weight excluding hydrogens is 833 g/mol. The van der Waals surface area contributed by atoms with Crippen molar-refractivity contribution in [3.8, 4) is 73.6 Å². The number of hydrogen-bond donors (Lipinski definition) is 0. The second kappa shape index (κ2) is 15.7. The van der Waals surface area contributed by atoms with Crippen molar-refractivity contribution >= 4 is 74.6 Å². The zero-order valence-corrected chi connectivity index (χ0v) is 36.8. The fourth-order valence-corrected chi connectivity index (χ4v) is 11.1. The molecule has 0 radical (unpaired) electrons. The predicted octanol–water partition coefficient (Wildman–Crippen LogP) is 16.7. The molecule has 11 aromatic carbocycles. The van der Waals surface area contributed by atoms with Crippen LogP contribution in [0, 0.1) is 11.3 Å². The number of hydrogen-bond acceptors (Lipinski definition) is 5. The fourth-order valence-electron chi connectivity index (χ4n) is 9.96. The van der Waals surface area contributed by atoms with Crippen LogP contribution in [0.1, 0.15) is 5.56 Å². The average molecular weight is 869 g/mol. The molecule has 310 valence electrons. The number of benzene rings is 11. The summed E-state index contributed by atoms with van der Waals surface area (Å²) in [5.74, 6) is 1.90. The van der Waals surface area contributed by atoms with Crippen LogP contribution in [0.15, 0.2) is 218 Å². The molecule has 2 heterocycles. The molecule has 13 rings (SSSR count). The molecule has 0 saturated heterocycles. The molecule has 13 aromatic rings. The van der Waals surface area contributed by atoms with Crippen molar-refractivity contribution in [3.63, 3.8) is 0 Å². The first kappa shape index (κ1) is 38.6. The van der Waals surface area contributed by atoms with Crippen LogP contribution in [0.4, 0.5) is 0 Å². The highest BCUT2D eigenvalue weighted by molar-refractivity contribution is 7.25. The molecule has 0 atom stereocenters. The molecule has 0 aliphatic rings. The van der Waals surface area contributed by atoms with Crippen molar-refractivity contribution in [2.75, 3.05) is 0 Å². The largest absolute Gasteiger partial charge is 0.208 e. The maximum Gasteiger partial charge on any atom is 0.164 e. The van der Waals surface area contributed by atoms with E-state index in [1.807, 2.05) is 42.5 Å². The number of nitrogens with zero attached hydrogens (tertiary/aromatic N) is 4. The van der Waals surface area contributed by atoms with Crippen LogP contribution >= 0.6 is 11.3 Å². The van der Waals surface area contributed by atoms with Crippen LogP contribution in [-0.2, 0) is 0 Å². The van der Waals surface area contributed by atoms with E-state index >= 15 is 0 Å². The van der Waals surface area contributed by atoms with E-state index < -0.39 is 0 Å². The van der Waals surface area contributed by atoms with Gasteiger partial charge in [-0.05, 0) is 119 Å². The summed E-state index contributed by atoms with van der Waals surface area (Å²) < 4.78 is 2.47. The summed E-state index contributed by atoms with van der Waals surface area (Å²) in [6.45, 7) is 0. The Morgan fingerprint density at radius 1 is 0.284 bits per heavy atom. The van der Waals surface area contributed by atoms with Crippen LogP contribution < -0.4 is 0 Å². The monoisotopic (exact) mass is 868 g/mol. The minimum absolute atomic E-state index is 0.625. The fraction of sp³-hybridized carbons (Fsp3) is 0. The Bertz CT molecular complexity index is 4170. The van der Waals surface area contributed by atoms with E-state index in [9.17, 15) is 5.26 Å². The van der Waals surface area contributed by atoms with Gasteiger partial charge in [0.1, 0.15) is 0 Å². The molecule has 0 aliphatic carbocycles. The summed E-state index contributed by atoms with van der Waals surface area (Å²) in [6, 6.07) is 79.6. The van der Waals surface area contributed by atoms with Crippen molar-refractivity contribution in [3.05, 3.63) is 224 Å². The molecule has 2 aromatic heterocycles. The second-order valence-corrected chi connectivity index (χ2v) is 18.1. The molecule has 67 heavy (non-hydrogen) atoms. The van der Waals surface area contributed by atoms with Gasteiger partial charge in [-0.2, -0.15) is 5.26 Å². The number of aromatic nitrogens is 3. The second-order valence-electron chi connectivity index (χ2n) is 17.0. The number of nitriles is 1. The third-order valence-electron chi connectivity index (χ3n) is 13.2. The van der Waals surface area contributed by atoms with Gasteiger partial charge in [0.25, 0.3) is 0 Å². The van der Waals surface area contributed by atoms with Crippen molar-refractivity contribution in [2.45, 2.75) is 0 Å². The Hall–Kier alpha value is -8.82. The quantitative estimate of drug-likeness (QED) is 0.156. The zero-order valence-electron chi connectivity index (χ0n) is 36.0. The smallest absolute Gasteiger partial charge is 0.164 e. The molecule has 0 saturated carbocycles. The van der Waals surface area contributed by atoms with Crippen LogP contribution in [0.25, 0.3) is 131 Å². The minimum Gasteiger partial charge on any atom is -0.208 e. The Labute approximate surface area is 390 Å². The maximum atomic E-state index is 9.45. The van der Waals surface area contributed by atoms with Gasteiger partial charge in [0, 0.05) is 36.9 Å². The van der Waals surface area contributed by atoms with E-state index in [-0.39, 0.29) is 0 Å². The van der Waals surface area contributed by atoms with Crippen molar-refractivity contribution in [2.24, 2.45) is 0 Å². The van der Waals surface area contributed by atoms with Crippen molar-refractivity contribution < 1.29 is 0 Å². The third-order valence-corrected chi connectivity index (χ3v) is 14.3. The molecule has 4 nitrogen and oxygen atoms in total. The highest BCUT2D eigenvalue weighted by atomic mass is 32.1. The van der Waals surface area contributed by atoms with E-state index in [1.54, 1.807) is 11.3 Å². The zero-order chi connectivity index (χ0) is 44.4. The third kappa shape index (κ3) is 6.54. The van der Waals surface area contributed by atoms with Gasteiger partial charge >= 0.3 is 0 Å². The Kier molecular flexibility index (Phi) is 9.06. The first-order chi connectivity index (χ1) is 33.1. The summed E-state index contributed by atoms with van der Waals surface area (Å²) >= 11 is 1.79. The Morgan fingerprint density at radius 2 is 0.761 bits per heavy atom. The van der Waals surface area contributed by atoms with Crippen molar-refractivity contribution in [1.29, 1.82) is 5.26 Å². The van der Waals surface area contributed by atoms with Gasteiger partial charge in [0.15, 0.2) is 17.5 Å². The van der Waals surface area contributed by atoms with E-state index in [0.29, 0.717) is 23.0 Å². The highest BCUT2D eigenvalue weighted by Gasteiger charge is 2.19. The van der Waals surface area contributed by atoms with Crippen molar-refractivity contribution in [1.82, 2.24) is 15.0 Å². The Balaban J connectivity index is 0.972. The molecule has 0 amide bonds.